The molecule has 0 atom stereocenters. The zero-order valence-electron chi connectivity index (χ0n) is 11.2. The van der Waals surface area contributed by atoms with Crippen LogP contribution < -0.4 is 4.90 Å². The first-order valence-corrected chi connectivity index (χ1v) is 6.56. The number of Topliss-reactive ketones (excluding diaryl/α,β-unsaturated/α-hetero) is 1. The van der Waals surface area contributed by atoms with E-state index in [-0.39, 0.29) is 5.78 Å². The third-order valence-corrected chi connectivity index (χ3v) is 3.34. The Hall–Kier alpha value is -1.35. The fraction of sp³-hybridized carbons (Fsp3) is 0.533. The summed E-state index contributed by atoms with van der Waals surface area (Å²) in [7, 11) is 2.04. The highest BCUT2D eigenvalue weighted by Crippen LogP contribution is 2.28. The van der Waals surface area contributed by atoms with Gasteiger partial charge in [0.25, 0.3) is 0 Å². The monoisotopic (exact) mass is 247 g/mol. The summed E-state index contributed by atoms with van der Waals surface area (Å²) in [6.45, 7) is 4.15. The van der Waals surface area contributed by atoms with Crippen LogP contribution in [0.1, 0.15) is 30.1 Å². The number of hydrogen-bond acceptors (Lipinski definition) is 3. The molecule has 3 heteroatoms. The Morgan fingerprint density at radius 3 is 2.56 bits per heavy atom. The Labute approximate surface area is 109 Å². The van der Waals surface area contributed by atoms with Gasteiger partial charge in [-0.15, -0.1) is 0 Å². The molecule has 0 radical (unpaired) electrons. The number of rotatable bonds is 7. The molecule has 1 aliphatic carbocycles. The highest BCUT2D eigenvalue weighted by molar-refractivity contribution is 5.94. The van der Waals surface area contributed by atoms with Gasteiger partial charge in [0.2, 0.25) is 0 Å². The van der Waals surface area contributed by atoms with Crippen molar-refractivity contribution in [2.45, 2.75) is 19.8 Å². The largest absolute Gasteiger partial charge is 0.379 e. The fourth-order valence-electron chi connectivity index (χ4n) is 1.82. The van der Waals surface area contributed by atoms with E-state index in [4.69, 9.17) is 4.74 Å². The summed E-state index contributed by atoms with van der Waals surface area (Å²) in [5, 5.41) is 0. The van der Waals surface area contributed by atoms with E-state index in [1.807, 2.05) is 31.3 Å². The number of anilines is 1. The van der Waals surface area contributed by atoms with Gasteiger partial charge in [-0.1, -0.05) is 0 Å². The topological polar surface area (TPSA) is 29.5 Å². The molecule has 2 rings (SSSR count). The molecular weight excluding hydrogens is 226 g/mol. The van der Waals surface area contributed by atoms with Crippen LogP contribution >= 0.6 is 0 Å². The summed E-state index contributed by atoms with van der Waals surface area (Å²) in [4.78, 5) is 13.3. The van der Waals surface area contributed by atoms with Crippen LogP contribution in [-0.4, -0.2) is 32.6 Å². The second-order valence-corrected chi connectivity index (χ2v) is 5.04. The molecule has 18 heavy (non-hydrogen) atoms. The van der Waals surface area contributed by atoms with Gasteiger partial charge >= 0.3 is 0 Å². The SMILES string of the molecule is CC(=O)c1ccc(N(C)CCOCC2CC2)cc1. The van der Waals surface area contributed by atoms with Gasteiger partial charge in [-0.3, -0.25) is 4.79 Å². The van der Waals surface area contributed by atoms with E-state index in [1.54, 1.807) is 6.92 Å². The number of nitrogens with zero attached hydrogens (tertiary/aromatic N) is 1. The molecule has 3 nitrogen and oxygen atoms in total. The molecule has 0 unspecified atom stereocenters. The molecule has 0 saturated heterocycles. The van der Waals surface area contributed by atoms with Crippen LogP contribution in [0.2, 0.25) is 0 Å². The van der Waals surface area contributed by atoms with Crippen LogP contribution in [0.3, 0.4) is 0 Å². The van der Waals surface area contributed by atoms with Crippen molar-refractivity contribution < 1.29 is 9.53 Å². The van der Waals surface area contributed by atoms with E-state index in [0.29, 0.717) is 0 Å². The van der Waals surface area contributed by atoms with Gasteiger partial charge in [-0.2, -0.15) is 0 Å². The first-order valence-electron chi connectivity index (χ1n) is 6.56. The number of hydrogen-bond donors (Lipinski definition) is 0. The van der Waals surface area contributed by atoms with Crippen LogP contribution in [0.15, 0.2) is 24.3 Å². The minimum absolute atomic E-state index is 0.108. The normalized spacial score (nSPS) is 14.6. The Bertz CT molecular complexity index is 395. The molecule has 1 fully saturated rings. The van der Waals surface area contributed by atoms with E-state index in [9.17, 15) is 4.79 Å². The summed E-state index contributed by atoms with van der Waals surface area (Å²) in [6, 6.07) is 7.72. The highest BCUT2D eigenvalue weighted by atomic mass is 16.5. The van der Waals surface area contributed by atoms with Crippen molar-refractivity contribution >= 4 is 11.5 Å². The number of likely N-dealkylation sites (N-methyl/N-ethyl adjacent to an activating group) is 1. The van der Waals surface area contributed by atoms with Crippen LogP contribution in [0.4, 0.5) is 5.69 Å². The van der Waals surface area contributed by atoms with Crippen LogP contribution in [0.5, 0.6) is 0 Å². The number of ether oxygens (including phenoxy) is 1. The van der Waals surface area contributed by atoms with E-state index in [2.05, 4.69) is 4.90 Å². The van der Waals surface area contributed by atoms with Gasteiger partial charge in [0, 0.05) is 31.5 Å². The van der Waals surface area contributed by atoms with E-state index >= 15 is 0 Å². The van der Waals surface area contributed by atoms with Crippen LogP contribution in [0, 0.1) is 5.92 Å². The molecule has 0 N–H and O–H groups in total. The molecule has 1 aromatic carbocycles. The maximum absolute atomic E-state index is 11.2. The first-order chi connectivity index (χ1) is 8.66. The Morgan fingerprint density at radius 2 is 2.00 bits per heavy atom. The summed E-state index contributed by atoms with van der Waals surface area (Å²) >= 11 is 0. The van der Waals surface area contributed by atoms with E-state index in [1.165, 1.54) is 12.8 Å². The third kappa shape index (κ3) is 3.84. The average Bonchev–Trinajstić information content (AvgIpc) is 3.18. The van der Waals surface area contributed by atoms with Crippen molar-refractivity contribution in [1.82, 2.24) is 0 Å². The highest BCUT2D eigenvalue weighted by Gasteiger charge is 2.20. The van der Waals surface area contributed by atoms with Gasteiger partial charge in [0.15, 0.2) is 5.78 Å². The summed E-state index contributed by atoms with van der Waals surface area (Å²) < 4.78 is 5.62. The molecule has 1 aromatic rings. The van der Waals surface area contributed by atoms with Gasteiger partial charge in [-0.05, 0) is 49.9 Å². The quantitative estimate of drug-likeness (QED) is 0.548. The van der Waals surface area contributed by atoms with E-state index in [0.717, 1.165) is 36.9 Å². The zero-order valence-corrected chi connectivity index (χ0v) is 11.2. The molecule has 0 bridgehead atoms. The molecule has 0 spiro atoms. The lowest BCUT2D eigenvalue weighted by Crippen LogP contribution is -2.22. The van der Waals surface area contributed by atoms with Crippen molar-refractivity contribution in [3.8, 4) is 0 Å². The number of benzene rings is 1. The number of carbonyl (C=O) groups is 1. The molecule has 0 heterocycles. The predicted molar refractivity (Wildman–Crippen MR) is 73.3 cm³/mol. The summed E-state index contributed by atoms with van der Waals surface area (Å²) in [5.74, 6) is 0.933. The van der Waals surface area contributed by atoms with Crippen molar-refractivity contribution in [3.63, 3.8) is 0 Å². The minimum Gasteiger partial charge on any atom is -0.379 e. The van der Waals surface area contributed by atoms with Crippen molar-refractivity contribution in [2.75, 3.05) is 31.7 Å². The Kier molecular flexibility index (Phi) is 4.37. The first kappa shape index (κ1) is 13.1. The lowest BCUT2D eigenvalue weighted by molar-refractivity contribution is 0.101. The Morgan fingerprint density at radius 1 is 1.33 bits per heavy atom. The Balaban J connectivity index is 1.76. The van der Waals surface area contributed by atoms with E-state index < -0.39 is 0 Å². The molecule has 0 aliphatic heterocycles. The predicted octanol–water partition coefficient (Wildman–Crippen LogP) is 2.75. The number of carbonyl (C=O) groups excluding carboxylic acids is 1. The fourth-order valence-corrected chi connectivity index (χ4v) is 1.82. The molecule has 0 aromatic heterocycles. The van der Waals surface area contributed by atoms with Crippen molar-refractivity contribution in [3.05, 3.63) is 29.8 Å². The maximum atomic E-state index is 11.2. The summed E-state index contributed by atoms with van der Waals surface area (Å²) in [5.41, 5.74) is 1.88. The molecular formula is C15H21NO2. The van der Waals surface area contributed by atoms with Crippen LogP contribution in [0.25, 0.3) is 0 Å². The smallest absolute Gasteiger partial charge is 0.159 e. The lowest BCUT2D eigenvalue weighted by atomic mass is 10.1. The third-order valence-electron chi connectivity index (χ3n) is 3.34. The minimum atomic E-state index is 0.108. The summed E-state index contributed by atoms with van der Waals surface area (Å²) in [6.07, 6.45) is 2.67. The zero-order chi connectivity index (χ0) is 13.0. The molecule has 0 amide bonds. The standard InChI is InChI=1S/C15H21NO2/c1-12(17)14-5-7-15(8-6-14)16(2)9-10-18-11-13-3-4-13/h5-8,13H,3-4,9-11H2,1-2H3. The molecule has 98 valence electrons. The number of ketones is 1. The molecule has 1 aliphatic rings. The van der Waals surface area contributed by atoms with Crippen LogP contribution in [-0.2, 0) is 4.74 Å². The second-order valence-electron chi connectivity index (χ2n) is 5.04. The molecule has 1 saturated carbocycles. The van der Waals surface area contributed by atoms with Gasteiger partial charge in [0.05, 0.1) is 6.61 Å². The van der Waals surface area contributed by atoms with Crippen molar-refractivity contribution in [1.29, 1.82) is 0 Å². The average molecular weight is 247 g/mol. The van der Waals surface area contributed by atoms with Crippen molar-refractivity contribution in [2.24, 2.45) is 5.92 Å². The van der Waals surface area contributed by atoms with Gasteiger partial charge in [-0.25, -0.2) is 0 Å². The maximum Gasteiger partial charge on any atom is 0.159 e. The van der Waals surface area contributed by atoms with Gasteiger partial charge in [0.1, 0.15) is 0 Å². The van der Waals surface area contributed by atoms with Gasteiger partial charge < -0.3 is 9.64 Å². The lowest BCUT2D eigenvalue weighted by Gasteiger charge is -2.19. The second kappa shape index (κ2) is 6.01.